The van der Waals surface area contributed by atoms with Gasteiger partial charge in [-0.2, -0.15) is 0 Å². The number of fused-ring (bicyclic) bond motifs is 1. The SMILES string of the molecule is CC(C)C(NC(=O)C(CCC(=O)O)NC(=O)C(N)Cc1c[nH]c2ccccc12)C(=O)N1CCCC1C(=O)O. The van der Waals surface area contributed by atoms with Crippen LogP contribution in [0.1, 0.15) is 45.1 Å². The fourth-order valence-electron chi connectivity index (χ4n) is 4.68. The number of nitrogens with one attached hydrogen (secondary N) is 3. The summed E-state index contributed by atoms with van der Waals surface area (Å²) in [6, 6.07) is 3.24. The van der Waals surface area contributed by atoms with Crippen molar-refractivity contribution >= 4 is 40.6 Å². The number of carbonyl (C=O) groups is 5. The molecule has 3 rings (SSSR count). The molecule has 4 atom stereocenters. The molecule has 0 bridgehead atoms. The van der Waals surface area contributed by atoms with Gasteiger partial charge in [-0.15, -0.1) is 0 Å². The largest absolute Gasteiger partial charge is 0.481 e. The monoisotopic (exact) mass is 529 g/mol. The van der Waals surface area contributed by atoms with Crippen LogP contribution in [0, 0.1) is 5.92 Å². The van der Waals surface area contributed by atoms with E-state index in [2.05, 4.69) is 15.6 Å². The predicted octanol–water partition coefficient (Wildman–Crippen LogP) is 0.604. The average Bonchev–Trinajstić information content (AvgIpc) is 3.52. The lowest BCUT2D eigenvalue weighted by Gasteiger charge is -2.30. The Kier molecular flexibility index (Phi) is 9.45. The van der Waals surface area contributed by atoms with Crippen LogP contribution in [-0.4, -0.2) is 80.5 Å². The van der Waals surface area contributed by atoms with E-state index in [1.165, 1.54) is 4.90 Å². The van der Waals surface area contributed by atoms with Gasteiger partial charge in [-0.05, 0) is 43.2 Å². The van der Waals surface area contributed by atoms with Crippen molar-refractivity contribution in [2.45, 2.75) is 70.1 Å². The molecular weight excluding hydrogens is 494 g/mol. The summed E-state index contributed by atoms with van der Waals surface area (Å²) in [5, 5.41) is 24.7. The highest BCUT2D eigenvalue weighted by Gasteiger charge is 2.39. The van der Waals surface area contributed by atoms with Crippen LogP contribution in [0.15, 0.2) is 30.5 Å². The van der Waals surface area contributed by atoms with Crippen molar-refractivity contribution in [3.63, 3.8) is 0 Å². The van der Waals surface area contributed by atoms with Crippen LogP contribution in [0.3, 0.4) is 0 Å². The predicted molar refractivity (Wildman–Crippen MR) is 138 cm³/mol. The molecular formula is C26H35N5O7. The highest BCUT2D eigenvalue weighted by atomic mass is 16.4. The molecule has 1 aromatic carbocycles. The first-order valence-electron chi connectivity index (χ1n) is 12.7. The Morgan fingerprint density at radius 2 is 1.82 bits per heavy atom. The first-order valence-corrected chi connectivity index (χ1v) is 12.7. The number of aromatic amines is 1. The Hall–Kier alpha value is -3.93. The van der Waals surface area contributed by atoms with E-state index < -0.39 is 60.2 Å². The van der Waals surface area contributed by atoms with Gasteiger partial charge in [0.1, 0.15) is 18.1 Å². The molecule has 38 heavy (non-hydrogen) atoms. The van der Waals surface area contributed by atoms with Crippen LogP contribution >= 0.6 is 0 Å². The van der Waals surface area contributed by atoms with E-state index in [1.807, 2.05) is 24.3 Å². The van der Waals surface area contributed by atoms with Gasteiger partial charge < -0.3 is 36.5 Å². The molecule has 2 aromatic rings. The summed E-state index contributed by atoms with van der Waals surface area (Å²) in [7, 11) is 0. The molecule has 3 amide bonds. The Morgan fingerprint density at radius 1 is 1.11 bits per heavy atom. The zero-order valence-electron chi connectivity index (χ0n) is 21.5. The summed E-state index contributed by atoms with van der Waals surface area (Å²) in [6.07, 6.45) is 2.19. The number of hydrogen-bond donors (Lipinski definition) is 6. The fourth-order valence-corrected chi connectivity index (χ4v) is 4.68. The third-order valence-corrected chi connectivity index (χ3v) is 6.78. The van der Waals surface area contributed by atoms with E-state index in [0.29, 0.717) is 12.8 Å². The van der Waals surface area contributed by atoms with Gasteiger partial charge in [0.15, 0.2) is 0 Å². The maximum absolute atomic E-state index is 13.2. The van der Waals surface area contributed by atoms with E-state index in [4.69, 9.17) is 10.8 Å². The molecule has 206 valence electrons. The topological polar surface area (TPSA) is 195 Å². The summed E-state index contributed by atoms with van der Waals surface area (Å²) in [5.74, 6) is -4.56. The van der Waals surface area contributed by atoms with Gasteiger partial charge in [-0.1, -0.05) is 32.0 Å². The maximum Gasteiger partial charge on any atom is 0.326 e. The second kappa shape index (κ2) is 12.5. The van der Waals surface area contributed by atoms with E-state index in [-0.39, 0.29) is 25.3 Å². The summed E-state index contributed by atoms with van der Waals surface area (Å²) in [5.41, 5.74) is 7.85. The van der Waals surface area contributed by atoms with Crippen LogP contribution < -0.4 is 16.4 Å². The van der Waals surface area contributed by atoms with Crippen molar-refractivity contribution in [2.24, 2.45) is 11.7 Å². The summed E-state index contributed by atoms with van der Waals surface area (Å²) >= 11 is 0. The van der Waals surface area contributed by atoms with Crippen LogP contribution in [0.2, 0.25) is 0 Å². The highest BCUT2D eigenvalue weighted by Crippen LogP contribution is 2.21. The Bertz CT molecular complexity index is 1190. The van der Waals surface area contributed by atoms with Gasteiger partial charge in [0, 0.05) is 30.1 Å². The minimum Gasteiger partial charge on any atom is -0.481 e. The van der Waals surface area contributed by atoms with E-state index >= 15 is 0 Å². The molecule has 2 heterocycles. The van der Waals surface area contributed by atoms with Gasteiger partial charge in [-0.25, -0.2) is 4.79 Å². The number of hydrogen-bond acceptors (Lipinski definition) is 6. The van der Waals surface area contributed by atoms with Crippen molar-refractivity contribution in [3.8, 4) is 0 Å². The molecule has 4 unspecified atom stereocenters. The number of nitrogens with two attached hydrogens (primary N) is 1. The standard InChI is InChI=1S/C26H35N5O7/c1-14(2)22(25(36)31-11-5-8-20(31)26(37)38)30-24(35)19(9-10-21(32)33)29-23(34)17(27)12-15-13-28-18-7-4-3-6-16(15)18/h3-4,6-7,13-14,17,19-20,22,28H,5,8-12,27H2,1-2H3,(H,29,34)(H,30,35)(H,32,33)(H,37,38). The molecule has 12 nitrogen and oxygen atoms in total. The third kappa shape index (κ3) is 6.88. The number of rotatable bonds is 12. The molecule has 1 saturated heterocycles. The van der Waals surface area contributed by atoms with Gasteiger partial charge in [-0.3, -0.25) is 19.2 Å². The quantitative estimate of drug-likeness (QED) is 0.230. The zero-order valence-corrected chi connectivity index (χ0v) is 21.5. The number of carbonyl (C=O) groups excluding carboxylic acids is 3. The Balaban J connectivity index is 1.71. The molecule has 1 aliphatic heterocycles. The molecule has 7 N–H and O–H groups in total. The summed E-state index contributed by atoms with van der Waals surface area (Å²) in [6.45, 7) is 3.67. The molecule has 1 aromatic heterocycles. The zero-order chi connectivity index (χ0) is 28.0. The lowest BCUT2D eigenvalue weighted by Crippen LogP contribution is -2.58. The number of H-pyrrole nitrogens is 1. The number of nitrogens with zero attached hydrogens (tertiary/aromatic N) is 1. The van der Waals surface area contributed by atoms with Crippen LogP contribution in [-0.2, 0) is 30.4 Å². The first-order chi connectivity index (χ1) is 18.0. The second-order valence-corrected chi connectivity index (χ2v) is 9.92. The number of likely N-dealkylation sites (tertiary alicyclic amines) is 1. The Labute approximate surface area is 219 Å². The molecule has 0 radical (unpaired) electrons. The molecule has 1 aliphatic rings. The lowest BCUT2D eigenvalue weighted by molar-refractivity contribution is -0.150. The number of para-hydroxylation sites is 1. The van der Waals surface area contributed by atoms with Crippen molar-refractivity contribution in [1.82, 2.24) is 20.5 Å². The molecule has 12 heteroatoms. The lowest BCUT2D eigenvalue weighted by atomic mass is 10.0. The first kappa shape index (κ1) is 28.6. The van der Waals surface area contributed by atoms with Gasteiger partial charge in [0.05, 0.1) is 6.04 Å². The molecule has 0 aliphatic carbocycles. The fraction of sp³-hybridized carbons (Fsp3) is 0.500. The number of carboxylic acid groups (broad SMARTS) is 2. The Morgan fingerprint density at radius 3 is 2.47 bits per heavy atom. The molecule has 1 fully saturated rings. The van der Waals surface area contributed by atoms with Crippen LogP contribution in [0.25, 0.3) is 10.9 Å². The van der Waals surface area contributed by atoms with Crippen molar-refractivity contribution in [2.75, 3.05) is 6.54 Å². The number of benzene rings is 1. The maximum atomic E-state index is 13.2. The average molecular weight is 530 g/mol. The molecule has 0 spiro atoms. The smallest absolute Gasteiger partial charge is 0.326 e. The van der Waals surface area contributed by atoms with Crippen LogP contribution in [0.5, 0.6) is 0 Å². The third-order valence-electron chi connectivity index (χ3n) is 6.78. The van der Waals surface area contributed by atoms with Crippen molar-refractivity contribution < 1.29 is 34.2 Å². The minimum atomic E-state index is -1.25. The molecule has 0 saturated carbocycles. The van der Waals surface area contributed by atoms with E-state index in [1.54, 1.807) is 20.0 Å². The second-order valence-electron chi connectivity index (χ2n) is 9.92. The van der Waals surface area contributed by atoms with Gasteiger partial charge in [0.2, 0.25) is 17.7 Å². The van der Waals surface area contributed by atoms with E-state index in [0.717, 1.165) is 16.5 Å². The van der Waals surface area contributed by atoms with Gasteiger partial charge >= 0.3 is 11.9 Å². The van der Waals surface area contributed by atoms with Gasteiger partial charge in [0.25, 0.3) is 0 Å². The number of amides is 3. The number of aliphatic carboxylic acids is 2. The summed E-state index contributed by atoms with van der Waals surface area (Å²) < 4.78 is 0. The summed E-state index contributed by atoms with van der Waals surface area (Å²) in [4.78, 5) is 66.4. The number of aromatic nitrogens is 1. The normalized spacial score (nSPS) is 17.7. The van der Waals surface area contributed by atoms with Crippen molar-refractivity contribution in [3.05, 3.63) is 36.0 Å². The van der Waals surface area contributed by atoms with Crippen molar-refractivity contribution in [1.29, 1.82) is 0 Å². The van der Waals surface area contributed by atoms with E-state index in [9.17, 15) is 29.1 Å². The highest BCUT2D eigenvalue weighted by molar-refractivity contribution is 5.95. The minimum absolute atomic E-state index is 0.182. The van der Waals surface area contributed by atoms with Crippen LogP contribution in [0.4, 0.5) is 0 Å². The number of carboxylic acids is 2.